The van der Waals surface area contributed by atoms with Crippen LogP contribution in [0.5, 0.6) is 5.75 Å². The number of rotatable bonds is 13. The summed E-state index contributed by atoms with van der Waals surface area (Å²) in [4.78, 5) is 29.6. The summed E-state index contributed by atoms with van der Waals surface area (Å²) in [5.41, 5.74) is 5.29. The number of anilines is 1. The lowest BCUT2D eigenvalue weighted by molar-refractivity contribution is -0.179. The number of halogens is 2. The fraction of sp³-hybridized carbons (Fsp3) is 0.400. The van der Waals surface area contributed by atoms with Crippen molar-refractivity contribution in [3.63, 3.8) is 0 Å². The van der Waals surface area contributed by atoms with Crippen molar-refractivity contribution >= 4 is 53.9 Å². The number of alkyl halides is 1. The molecule has 0 saturated heterocycles. The minimum atomic E-state index is -4.31. The number of aromatic nitrogens is 3. The molecule has 5 atom stereocenters. The Kier molecular flexibility index (Phi) is 10.9. The summed E-state index contributed by atoms with van der Waals surface area (Å²) in [5, 5.41) is 15.7. The molecule has 2 heterocycles. The summed E-state index contributed by atoms with van der Waals surface area (Å²) < 4.78 is 37.0. The lowest BCUT2D eigenvalue weighted by Crippen LogP contribution is -2.38. The first-order valence-corrected chi connectivity index (χ1v) is 14.5. The molecule has 0 amide bonds. The number of aromatic amines is 1. The number of H-pyrrole nitrogens is 1. The molecular formula is C25H30Cl2N5O8P. The summed E-state index contributed by atoms with van der Waals surface area (Å²) in [6.07, 6.45) is -2.09. The van der Waals surface area contributed by atoms with Gasteiger partial charge in [0.15, 0.2) is 18.2 Å². The second kappa shape index (κ2) is 13.7. The van der Waals surface area contributed by atoms with Crippen molar-refractivity contribution in [3.05, 3.63) is 52.9 Å². The van der Waals surface area contributed by atoms with E-state index in [0.717, 1.165) is 0 Å². The number of nitrogens with one attached hydrogen (secondary N) is 2. The van der Waals surface area contributed by atoms with Crippen LogP contribution in [0.2, 0.25) is 0 Å². The standard InChI is InChI=1S/C25H30Cl2N5O8P/c1-15(2)38-22(35)16(3)31-41(36,40-17-8-6-5-7-9-17)37-14-19(33)39-23(25(4,27)11-12-26)32-13-10-18-20(32)29-24(28)30-21(18)34/h5-10,13,15-16,19,23,33H,14H2,1-4H3,(H,31,36)(H3,28,29,30,34)/t16?,19-,23-,25?,41?/m1/s1. The van der Waals surface area contributed by atoms with Gasteiger partial charge in [-0.3, -0.25) is 19.1 Å². The van der Waals surface area contributed by atoms with Crippen molar-refractivity contribution in [3.8, 4) is 17.0 Å². The molecule has 0 radical (unpaired) electrons. The van der Waals surface area contributed by atoms with Gasteiger partial charge in [-0.05, 0) is 57.5 Å². The number of esters is 1. The Morgan fingerprint density at radius 2 is 1.98 bits per heavy atom. The quantitative estimate of drug-likeness (QED) is 0.0714. The van der Waals surface area contributed by atoms with Gasteiger partial charge in [0, 0.05) is 11.6 Å². The van der Waals surface area contributed by atoms with Crippen molar-refractivity contribution in [2.45, 2.75) is 57.2 Å². The summed E-state index contributed by atoms with van der Waals surface area (Å²) in [6.45, 7) is 5.48. The minimum Gasteiger partial charge on any atom is -0.462 e. The lowest BCUT2D eigenvalue weighted by atomic mass is 10.1. The van der Waals surface area contributed by atoms with Crippen molar-refractivity contribution in [2.24, 2.45) is 0 Å². The van der Waals surface area contributed by atoms with Crippen LogP contribution in [0.4, 0.5) is 5.95 Å². The summed E-state index contributed by atoms with van der Waals surface area (Å²) in [5.74, 6) is 1.87. The second-order valence-electron chi connectivity index (χ2n) is 9.18. The minimum absolute atomic E-state index is 0.0878. The number of hydrogen-bond donors (Lipinski definition) is 4. The number of hydrogen-bond acceptors (Lipinski definition) is 10. The number of fused-ring (bicyclic) bond motifs is 1. The zero-order valence-corrected chi connectivity index (χ0v) is 24.9. The van der Waals surface area contributed by atoms with Crippen LogP contribution in [-0.4, -0.2) is 55.5 Å². The Bertz CT molecular complexity index is 1520. The Morgan fingerprint density at radius 1 is 1.29 bits per heavy atom. The van der Waals surface area contributed by atoms with E-state index in [0.29, 0.717) is 0 Å². The van der Waals surface area contributed by atoms with Gasteiger partial charge in [-0.1, -0.05) is 24.1 Å². The van der Waals surface area contributed by atoms with Gasteiger partial charge in [0.1, 0.15) is 23.3 Å². The van der Waals surface area contributed by atoms with Crippen molar-refractivity contribution < 1.29 is 33.0 Å². The molecule has 2 aromatic heterocycles. The van der Waals surface area contributed by atoms with Crippen LogP contribution in [0.1, 0.15) is 33.9 Å². The van der Waals surface area contributed by atoms with Crippen LogP contribution in [0.3, 0.4) is 0 Å². The van der Waals surface area contributed by atoms with E-state index in [1.54, 1.807) is 32.0 Å². The number of para-hydroxylation sites is 1. The fourth-order valence-electron chi connectivity index (χ4n) is 3.54. The molecule has 0 spiro atoms. The topological polar surface area (TPSA) is 180 Å². The first kappa shape index (κ1) is 32.4. The van der Waals surface area contributed by atoms with E-state index in [1.807, 2.05) is 0 Å². The molecule has 5 N–H and O–H groups in total. The third-order valence-electron chi connectivity index (χ3n) is 5.31. The van der Waals surface area contributed by atoms with Crippen molar-refractivity contribution in [1.29, 1.82) is 0 Å². The largest absolute Gasteiger partial charge is 0.462 e. The number of nitrogen functional groups attached to an aromatic ring is 1. The molecule has 3 unspecified atom stereocenters. The maximum atomic E-state index is 13.7. The SMILES string of the molecule is CC(C)OC(=O)C(C)NP(=O)(OC[C@H](O)O[C@@H](n1ccc2c(=O)[nH]c(N)nc21)C(C)(Cl)C#CCl)Oc1ccccc1. The molecule has 0 aliphatic heterocycles. The maximum Gasteiger partial charge on any atom is 0.459 e. The van der Waals surface area contributed by atoms with Gasteiger partial charge in [0.2, 0.25) is 5.95 Å². The number of aliphatic hydroxyl groups is 1. The maximum absolute atomic E-state index is 13.7. The van der Waals surface area contributed by atoms with Gasteiger partial charge in [0.05, 0.1) is 11.5 Å². The monoisotopic (exact) mass is 629 g/mol. The number of nitrogens with two attached hydrogens (primary N) is 1. The number of nitrogens with zero attached hydrogens (tertiary/aromatic N) is 2. The number of benzene rings is 1. The highest BCUT2D eigenvalue weighted by Crippen LogP contribution is 2.45. The summed E-state index contributed by atoms with van der Waals surface area (Å²) in [6, 6.07) is 8.41. The third-order valence-corrected chi connectivity index (χ3v) is 7.33. The van der Waals surface area contributed by atoms with Crippen LogP contribution in [-0.2, 0) is 23.4 Å². The van der Waals surface area contributed by atoms with Crippen LogP contribution < -0.4 is 20.9 Å². The van der Waals surface area contributed by atoms with Gasteiger partial charge in [0.25, 0.3) is 5.56 Å². The highest BCUT2D eigenvalue weighted by atomic mass is 35.5. The van der Waals surface area contributed by atoms with Gasteiger partial charge in [-0.2, -0.15) is 10.1 Å². The van der Waals surface area contributed by atoms with E-state index >= 15 is 0 Å². The number of carbonyl (C=O) groups is 1. The van der Waals surface area contributed by atoms with Crippen LogP contribution >= 0.6 is 30.9 Å². The summed E-state index contributed by atoms with van der Waals surface area (Å²) >= 11 is 12.2. The average Bonchev–Trinajstić information content (AvgIpc) is 3.29. The molecule has 3 rings (SSSR count). The molecular weight excluding hydrogens is 600 g/mol. The van der Waals surface area contributed by atoms with Gasteiger partial charge < -0.3 is 29.4 Å². The second-order valence-corrected chi connectivity index (χ2v) is 11.9. The molecule has 0 bridgehead atoms. The fourth-order valence-corrected chi connectivity index (χ4v) is 5.47. The van der Waals surface area contributed by atoms with Crippen molar-refractivity contribution in [2.75, 3.05) is 12.3 Å². The van der Waals surface area contributed by atoms with E-state index < -0.39 is 55.4 Å². The van der Waals surface area contributed by atoms with E-state index in [9.17, 15) is 19.3 Å². The predicted molar refractivity (Wildman–Crippen MR) is 153 cm³/mol. The van der Waals surface area contributed by atoms with E-state index in [2.05, 4.69) is 26.4 Å². The summed E-state index contributed by atoms with van der Waals surface area (Å²) in [7, 11) is -4.31. The van der Waals surface area contributed by atoms with Gasteiger partial charge in [-0.25, -0.2) is 4.57 Å². The Labute approximate surface area is 245 Å². The molecule has 0 saturated carbocycles. The average molecular weight is 630 g/mol. The molecule has 222 valence electrons. The molecule has 0 aliphatic rings. The zero-order chi connectivity index (χ0) is 30.4. The van der Waals surface area contributed by atoms with Crippen LogP contribution in [0, 0.1) is 11.3 Å². The molecule has 1 aromatic carbocycles. The molecule has 3 aromatic rings. The first-order chi connectivity index (χ1) is 19.2. The van der Waals surface area contributed by atoms with Crippen LogP contribution in [0.15, 0.2) is 47.4 Å². The number of carbonyl (C=O) groups excluding carboxylic acids is 1. The van der Waals surface area contributed by atoms with Crippen molar-refractivity contribution in [1.82, 2.24) is 19.6 Å². The predicted octanol–water partition coefficient (Wildman–Crippen LogP) is 3.47. The van der Waals surface area contributed by atoms with Crippen LogP contribution in [0.25, 0.3) is 11.0 Å². The Morgan fingerprint density at radius 3 is 2.61 bits per heavy atom. The molecule has 0 aliphatic carbocycles. The normalized spacial score (nSPS) is 16.6. The molecule has 13 nitrogen and oxygen atoms in total. The lowest BCUT2D eigenvalue weighted by Gasteiger charge is -2.31. The molecule has 0 fully saturated rings. The third kappa shape index (κ3) is 8.70. The number of aliphatic hydroxyl groups excluding tert-OH is 1. The smallest absolute Gasteiger partial charge is 0.459 e. The van der Waals surface area contributed by atoms with E-state index in [-0.39, 0.29) is 22.7 Å². The zero-order valence-electron chi connectivity index (χ0n) is 22.5. The van der Waals surface area contributed by atoms with E-state index in [1.165, 1.54) is 42.8 Å². The highest BCUT2D eigenvalue weighted by Gasteiger charge is 2.38. The Balaban J connectivity index is 1.86. The number of ether oxygens (including phenoxy) is 2. The highest BCUT2D eigenvalue weighted by molar-refractivity contribution is 7.52. The Hall–Kier alpha value is -3.08. The van der Waals surface area contributed by atoms with Gasteiger partial charge >= 0.3 is 13.7 Å². The van der Waals surface area contributed by atoms with E-state index in [4.69, 9.17) is 47.5 Å². The molecule has 16 heteroatoms. The first-order valence-electron chi connectivity index (χ1n) is 12.2. The molecule has 41 heavy (non-hydrogen) atoms. The van der Waals surface area contributed by atoms with Gasteiger partial charge in [-0.15, -0.1) is 11.6 Å².